The number of benzene rings is 2. The number of amides is 1. The SMILES string of the molecule is CCCC(=O)NCCC(c1ccccc1)c1ccccc1. The second kappa shape index (κ2) is 8.25. The fourth-order valence-corrected chi connectivity index (χ4v) is 2.57. The normalized spacial score (nSPS) is 10.6. The molecule has 2 rings (SSSR count). The lowest BCUT2D eigenvalue weighted by Crippen LogP contribution is -2.25. The first-order valence-electron chi connectivity index (χ1n) is 7.68. The van der Waals surface area contributed by atoms with Crippen LogP contribution in [0.25, 0.3) is 0 Å². The number of nitrogens with one attached hydrogen (secondary N) is 1. The molecule has 0 aliphatic rings. The van der Waals surface area contributed by atoms with Crippen LogP contribution in [0.15, 0.2) is 60.7 Å². The summed E-state index contributed by atoms with van der Waals surface area (Å²) in [6.07, 6.45) is 2.43. The summed E-state index contributed by atoms with van der Waals surface area (Å²) in [5, 5.41) is 3.01. The van der Waals surface area contributed by atoms with Crippen molar-refractivity contribution in [2.45, 2.75) is 32.1 Å². The molecule has 0 spiro atoms. The van der Waals surface area contributed by atoms with Gasteiger partial charge < -0.3 is 5.32 Å². The lowest BCUT2D eigenvalue weighted by atomic mass is 9.88. The minimum absolute atomic E-state index is 0.150. The van der Waals surface area contributed by atoms with E-state index in [1.54, 1.807) is 0 Å². The van der Waals surface area contributed by atoms with Gasteiger partial charge in [0.15, 0.2) is 0 Å². The fourth-order valence-electron chi connectivity index (χ4n) is 2.57. The van der Waals surface area contributed by atoms with Crippen LogP contribution in [0.5, 0.6) is 0 Å². The number of hydrogen-bond acceptors (Lipinski definition) is 1. The first kappa shape index (κ1) is 15.3. The molecule has 2 aromatic carbocycles. The molecule has 21 heavy (non-hydrogen) atoms. The van der Waals surface area contributed by atoms with Gasteiger partial charge in [-0.2, -0.15) is 0 Å². The summed E-state index contributed by atoms with van der Waals surface area (Å²) in [7, 11) is 0. The first-order chi connectivity index (χ1) is 10.3. The third-order valence-electron chi connectivity index (χ3n) is 3.64. The summed E-state index contributed by atoms with van der Waals surface area (Å²) in [4.78, 5) is 11.6. The molecule has 1 N–H and O–H groups in total. The number of rotatable bonds is 7. The predicted octanol–water partition coefficient (Wildman–Crippen LogP) is 4.12. The molecule has 0 aromatic heterocycles. The van der Waals surface area contributed by atoms with Crippen molar-refractivity contribution in [1.29, 1.82) is 0 Å². The van der Waals surface area contributed by atoms with Crippen LogP contribution in [-0.2, 0) is 4.79 Å². The Balaban J connectivity index is 2.05. The maximum atomic E-state index is 11.6. The molecule has 0 unspecified atom stereocenters. The standard InChI is InChI=1S/C19H23NO/c1-2-9-19(21)20-15-14-18(16-10-5-3-6-11-16)17-12-7-4-8-13-17/h3-8,10-13,18H,2,9,14-15H2,1H3,(H,20,21). The molecule has 110 valence electrons. The molecule has 0 saturated heterocycles. The Morgan fingerprint density at radius 2 is 1.48 bits per heavy atom. The molecule has 0 aliphatic heterocycles. The van der Waals surface area contributed by atoms with Gasteiger partial charge in [-0.1, -0.05) is 67.6 Å². The summed E-state index contributed by atoms with van der Waals surface area (Å²) in [6, 6.07) is 21.0. The van der Waals surface area contributed by atoms with E-state index in [0.29, 0.717) is 18.9 Å². The Morgan fingerprint density at radius 3 is 1.95 bits per heavy atom. The molecule has 0 radical (unpaired) electrons. The summed E-state index contributed by atoms with van der Waals surface area (Å²) < 4.78 is 0. The average Bonchev–Trinajstić information content (AvgIpc) is 2.53. The van der Waals surface area contributed by atoms with E-state index >= 15 is 0 Å². The Morgan fingerprint density at radius 1 is 0.952 bits per heavy atom. The van der Waals surface area contributed by atoms with Crippen molar-refractivity contribution in [2.75, 3.05) is 6.54 Å². The van der Waals surface area contributed by atoms with E-state index in [2.05, 4.69) is 53.8 Å². The van der Waals surface area contributed by atoms with Crippen molar-refractivity contribution < 1.29 is 4.79 Å². The lowest BCUT2D eigenvalue weighted by Gasteiger charge is -2.18. The third-order valence-corrected chi connectivity index (χ3v) is 3.64. The third kappa shape index (κ3) is 4.75. The molecule has 0 saturated carbocycles. The summed E-state index contributed by atoms with van der Waals surface area (Å²) in [5.74, 6) is 0.478. The topological polar surface area (TPSA) is 29.1 Å². The summed E-state index contributed by atoms with van der Waals surface area (Å²) >= 11 is 0. The van der Waals surface area contributed by atoms with Crippen LogP contribution in [-0.4, -0.2) is 12.5 Å². The molecule has 0 aliphatic carbocycles. The minimum Gasteiger partial charge on any atom is -0.356 e. The minimum atomic E-state index is 0.150. The van der Waals surface area contributed by atoms with Crippen LogP contribution in [0.2, 0.25) is 0 Å². The molecule has 0 fully saturated rings. The van der Waals surface area contributed by atoms with E-state index in [9.17, 15) is 4.79 Å². The van der Waals surface area contributed by atoms with Crippen molar-refractivity contribution in [3.63, 3.8) is 0 Å². The zero-order valence-corrected chi connectivity index (χ0v) is 12.6. The van der Waals surface area contributed by atoms with Crippen LogP contribution in [0.4, 0.5) is 0 Å². The highest BCUT2D eigenvalue weighted by Gasteiger charge is 2.13. The number of hydrogen-bond donors (Lipinski definition) is 1. The van der Waals surface area contributed by atoms with Crippen LogP contribution in [0, 0.1) is 0 Å². The zero-order valence-electron chi connectivity index (χ0n) is 12.6. The van der Waals surface area contributed by atoms with Crippen LogP contribution in [0.3, 0.4) is 0 Å². The van der Waals surface area contributed by atoms with Gasteiger partial charge in [0.05, 0.1) is 0 Å². The highest BCUT2D eigenvalue weighted by Crippen LogP contribution is 2.27. The van der Waals surface area contributed by atoms with Crippen molar-refractivity contribution in [1.82, 2.24) is 5.32 Å². The van der Waals surface area contributed by atoms with Gasteiger partial charge in [0, 0.05) is 18.9 Å². The molecular weight excluding hydrogens is 258 g/mol. The van der Waals surface area contributed by atoms with Crippen LogP contribution in [0.1, 0.15) is 43.2 Å². The van der Waals surface area contributed by atoms with Gasteiger partial charge in [-0.05, 0) is 24.0 Å². The molecule has 0 heterocycles. The molecule has 2 nitrogen and oxygen atoms in total. The monoisotopic (exact) mass is 281 g/mol. The fraction of sp³-hybridized carbons (Fsp3) is 0.316. The molecule has 2 aromatic rings. The van der Waals surface area contributed by atoms with Gasteiger partial charge in [0.2, 0.25) is 5.91 Å². The maximum Gasteiger partial charge on any atom is 0.219 e. The van der Waals surface area contributed by atoms with E-state index in [4.69, 9.17) is 0 Å². The Hall–Kier alpha value is -2.09. The molecular formula is C19H23NO. The Kier molecular flexibility index (Phi) is 6.01. The van der Waals surface area contributed by atoms with Gasteiger partial charge in [-0.15, -0.1) is 0 Å². The number of carbonyl (C=O) groups excluding carboxylic acids is 1. The largest absolute Gasteiger partial charge is 0.356 e. The second-order valence-electron chi connectivity index (χ2n) is 5.26. The van der Waals surface area contributed by atoms with E-state index in [1.165, 1.54) is 11.1 Å². The van der Waals surface area contributed by atoms with Crippen molar-refractivity contribution in [3.05, 3.63) is 71.8 Å². The van der Waals surface area contributed by atoms with Crippen molar-refractivity contribution >= 4 is 5.91 Å². The molecule has 1 amide bonds. The van der Waals surface area contributed by atoms with E-state index < -0.39 is 0 Å². The van der Waals surface area contributed by atoms with E-state index in [0.717, 1.165) is 12.8 Å². The maximum absolute atomic E-state index is 11.6. The highest BCUT2D eigenvalue weighted by molar-refractivity contribution is 5.75. The summed E-state index contributed by atoms with van der Waals surface area (Å²) in [6.45, 7) is 2.74. The number of carbonyl (C=O) groups is 1. The predicted molar refractivity (Wildman–Crippen MR) is 87.3 cm³/mol. The second-order valence-corrected chi connectivity index (χ2v) is 5.26. The van der Waals surface area contributed by atoms with E-state index in [-0.39, 0.29) is 5.91 Å². The zero-order chi connectivity index (χ0) is 14.9. The lowest BCUT2D eigenvalue weighted by molar-refractivity contribution is -0.121. The average molecular weight is 281 g/mol. The highest BCUT2D eigenvalue weighted by atomic mass is 16.1. The van der Waals surface area contributed by atoms with Crippen LogP contribution >= 0.6 is 0 Å². The van der Waals surface area contributed by atoms with Gasteiger partial charge in [0.25, 0.3) is 0 Å². The van der Waals surface area contributed by atoms with Gasteiger partial charge >= 0.3 is 0 Å². The first-order valence-corrected chi connectivity index (χ1v) is 7.68. The Labute approximate surface area is 127 Å². The summed E-state index contributed by atoms with van der Waals surface area (Å²) in [5.41, 5.74) is 2.60. The van der Waals surface area contributed by atoms with Crippen molar-refractivity contribution in [2.24, 2.45) is 0 Å². The molecule has 0 atom stereocenters. The quantitative estimate of drug-likeness (QED) is 0.812. The van der Waals surface area contributed by atoms with Gasteiger partial charge in [-0.25, -0.2) is 0 Å². The van der Waals surface area contributed by atoms with Crippen molar-refractivity contribution in [3.8, 4) is 0 Å². The molecule has 2 heteroatoms. The van der Waals surface area contributed by atoms with E-state index in [1.807, 2.05) is 19.1 Å². The van der Waals surface area contributed by atoms with Crippen LogP contribution < -0.4 is 5.32 Å². The molecule has 0 bridgehead atoms. The van der Waals surface area contributed by atoms with Gasteiger partial charge in [0.1, 0.15) is 0 Å². The Bertz CT molecular complexity index is 497. The smallest absolute Gasteiger partial charge is 0.219 e. The van der Waals surface area contributed by atoms with Gasteiger partial charge in [-0.3, -0.25) is 4.79 Å².